The predicted octanol–water partition coefficient (Wildman–Crippen LogP) is 5.00. The van der Waals surface area contributed by atoms with E-state index in [1.54, 1.807) is 60.2 Å². The van der Waals surface area contributed by atoms with Crippen molar-refractivity contribution < 1.29 is 14.3 Å². The minimum absolute atomic E-state index is 0.0741. The Hall–Kier alpha value is -3.01. The Kier molecular flexibility index (Phi) is 8.98. The van der Waals surface area contributed by atoms with Crippen LogP contribution in [0.15, 0.2) is 60.3 Å². The van der Waals surface area contributed by atoms with Gasteiger partial charge in [0, 0.05) is 12.1 Å². The zero-order valence-electron chi connectivity index (χ0n) is 18.5. The third-order valence-electron chi connectivity index (χ3n) is 4.70. The molecule has 0 bridgehead atoms. The minimum Gasteiger partial charge on any atom is -0.497 e. The van der Waals surface area contributed by atoms with Crippen LogP contribution in [-0.4, -0.2) is 39.4 Å². The summed E-state index contributed by atoms with van der Waals surface area (Å²) in [4.78, 5) is 25.1. The molecular weight excluding hydrogens is 497 g/mol. The summed E-state index contributed by atoms with van der Waals surface area (Å²) in [5.41, 5.74) is 0.927. The maximum absolute atomic E-state index is 12.6. The summed E-state index contributed by atoms with van der Waals surface area (Å²) in [7, 11) is 1.56. The first-order valence-corrected chi connectivity index (χ1v) is 11.9. The van der Waals surface area contributed by atoms with Crippen molar-refractivity contribution in [3.05, 3.63) is 76.6 Å². The molecule has 3 aromatic rings. The maximum Gasteiger partial charge on any atom is 0.251 e. The van der Waals surface area contributed by atoms with Gasteiger partial charge in [-0.1, -0.05) is 47.1 Å². The third-order valence-corrected chi connectivity index (χ3v) is 6.49. The molecule has 0 unspecified atom stereocenters. The zero-order chi connectivity index (χ0) is 24.7. The van der Waals surface area contributed by atoms with Crippen LogP contribution in [-0.2, 0) is 11.3 Å². The second-order valence-corrected chi connectivity index (χ2v) is 8.83. The molecule has 0 spiro atoms. The number of carbonyl (C=O) groups is 2. The number of ether oxygens (including phenoxy) is 1. The van der Waals surface area contributed by atoms with Gasteiger partial charge in [0.2, 0.25) is 5.91 Å². The Balaban J connectivity index is 1.66. The van der Waals surface area contributed by atoms with E-state index in [2.05, 4.69) is 27.4 Å². The van der Waals surface area contributed by atoms with Crippen LogP contribution in [0.1, 0.15) is 29.1 Å². The Morgan fingerprint density at radius 1 is 1.21 bits per heavy atom. The van der Waals surface area contributed by atoms with Gasteiger partial charge in [-0.3, -0.25) is 9.59 Å². The molecule has 0 aliphatic carbocycles. The lowest BCUT2D eigenvalue weighted by molar-refractivity contribution is -0.113. The number of rotatable bonds is 10. The number of carbonyl (C=O) groups excluding carboxylic acids is 2. The van der Waals surface area contributed by atoms with Gasteiger partial charge in [-0.25, -0.2) is 0 Å². The molecule has 8 nitrogen and oxygen atoms in total. The minimum atomic E-state index is -0.435. The number of benzene rings is 2. The molecule has 2 N–H and O–H groups in total. The number of thioether (sulfide) groups is 1. The van der Waals surface area contributed by atoms with Crippen LogP contribution >= 0.6 is 35.0 Å². The van der Waals surface area contributed by atoms with Crippen molar-refractivity contribution in [1.29, 1.82) is 0 Å². The monoisotopic (exact) mass is 519 g/mol. The van der Waals surface area contributed by atoms with Crippen LogP contribution < -0.4 is 15.4 Å². The molecule has 0 aliphatic heterocycles. The van der Waals surface area contributed by atoms with Gasteiger partial charge in [0.15, 0.2) is 11.0 Å². The molecule has 0 aliphatic rings. The molecule has 2 aromatic carbocycles. The van der Waals surface area contributed by atoms with Crippen molar-refractivity contribution in [1.82, 2.24) is 20.1 Å². The van der Waals surface area contributed by atoms with Crippen molar-refractivity contribution in [3.8, 4) is 5.75 Å². The Morgan fingerprint density at radius 2 is 1.94 bits per heavy atom. The van der Waals surface area contributed by atoms with E-state index in [-0.39, 0.29) is 22.6 Å². The molecule has 0 radical (unpaired) electrons. The standard InChI is InChI=1S/C23H23Cl2N5O3S/c1-4-12-30-21(14(2)26-22(32)15-8-10-16(33-3)11-9-15)28-29-23(30)34-13-19(31)27-18-7-5-6-17(24)20(18)25/h4-11,14H,1,12-13H2,2-3H3,(H,26,32)(H,27,31)/t14-/m1/s1. The zero-order valence-corrected chi connectivity index (χ0v) is 20.9. The first kappa shape index (κ1) is 25.6. The fraction of sp³-hybridized carbons (Fsp3) is 0.217. The summed E-state index contributed by atoms with van der Waals surface area (Å²) in [5, 5.41) is 15.2. The van der Waals surface area contributed by atoms with Crippen LogP contribution in [0.5, 0.6) is 5.75 Å². The summed E-state index contributed by atoms with van der Waals surface area (Å²) >= 11 is 13.3. The van der Waals surface area contributed by atoms with Crippen molar-refractivity contribution >= 4 is 52.5 Å². The van der Waals surface area contributed by atoms with E-state index in [1.807, 2.05) is 6.92 Å². The van der Waals surface area contributed by atoms with Crippen molar-refractivity contribution in [2.24, 2.45) is 0 Å². The van der Waals surface area contributed by atoms with Gasteiger partial charge >= 0.3 is 0 Å². The van der Waals surface area contributed by atoms with E-state index in [4.69, 9.17) is 27.9 Å². The fourth-order valence-corrected chi connectivity index (χ4v) is 4.13. The number of amides is 2. The SMILES string of the molecule is C=CCn1c(SCC(=O)Nc2cccc(Cl)c2Cl)nnc1[C@@H](C)NC(=O)c1ccc(OC)cc1. The Labute approximate surface area is 211 Å². The Bertz CT molecular complexity index is 1180. The quantitative estimate of drug-likeness (QED) is 0.288. The lowest BCUT2D eigenvalue weighted by Gasteiger charge is -2.15. The Morgan fingerprint density at radius 3 is 2.62 bits per heavy atom. The van der Waals surface area contributed by atoms with Gasteiger partial charge < -0.3 is 19.9 Å². The number of anilines is 1. The van der Waals surface area contributed by atoms with Gasteiger partial charge in [-0.2, -0.15) is 0 Å². The largest absolute Gasteiger partial charge is 0.497 e. The molecular formula is C23H23Cl2N5O3S. The summed E-state index contributed by atoms with van der Waals surface area (Å²) in [6.45, 7) is 6.00. The fourth-order valence-electron chi connectivity index (χ4n) is 3.03. The summed E-state index contributed by atoms with van der Waals surface area (Å²) in [5.74, 6) is 0.756. The van der Waals surface area contributed by atoms with Gasteiger partial charge in [-0.05, 0) is 43.3 Å². The second-order valence-electron chi connectivity index (χ2n) is 7.10. The van der Waals surface area contributed by atoms with Crippen LogP contribution in [0, 0.1) is 0 Å². The average Bonchev–Trinajstić information content (AvgIpc) is 3.23. The van der Waals surface area contributed by atoms with Crippen LogP contribution in [0.2, 0.25) is 10.0 Å². The highest BCUT2D eigenvalue weighted by molar-refractivity contribution is 7.99. The molecule has 1 atom stereocenters. The average molecular weight is 520 g/mol. The lowest BCUT2D eigenvalue weighted by atomic mass is 10.2. The molecule has 1 aromatic heterocycles. The van der Waals surface area contributed by atoms with Gasteiger partial charge in [0.1, 0.15) is 5.75 Å². The molecule has 0 fully saturated rings. The molecule has 0 saturated carbocycles. The molecule has 34 heavy (non-hydrogen) atoms. The summed E-state index contributed by atoms with van der Waals surface area (Å²) < 4.78 is 6.92. The van der Waals surface area contributed by atoms with Crippen LogP contribution in [0.4, 0.5) is 5.69 Å². The highest BCUT2D eigenvalue weighted by Gasteiger charge is 2.21. The van der Waals surface area contributed by atoms with E-state index in [9.17, 15) is 9.59 Å². The van der Waals surface area contributed by atoms with Crippen LogP contribution in [0.3, 0.4) is 0 Å². The van der Waals surface area contributed by atoms with E-state index < -0.39 is 6.04 Å². The van der Waals surface area contributed by atoms with Crippen molar-refractivity contribution in [3.63, 3.8) is 0 Å². The smallest absolute Gasteiger partial charge is 0.251 e. The number of aromatic nitrogens is 3. The predicted molar refractivity (Wildman–Crippen MR) is 135 cm³/mol. The van der Waals surface area contributed by atoms with Gasteiger partial charge in [0.05, 0.1) is 34.6 Å². The first-order valence-electron chi connectivity index (χ1n) is 10.2. The number of halogens is 2. The van der Waals surface area contributed by atoms with Crippen molar-refractivity contribution in [2.75, 3.05) is 18.2 Å². The van der Waals surface area contributed by atoms with E-state index in [0.717, 1.165) is 0 Å². The van der Waals surface area contributed by atoms with Crippen LogP contribution in [0.25, 0.3) is 0 Å². The second kappa shape index (κ2) is 11.9. The molecule has 178 valence electrons. The van der Waals surface area contributed by atoms with E-state index >= 15 is 0 Å². The van der Waals surface area contributed by atoms with Crippen molar-refractivity contribution in [2.45, 2.75) is 24.7 Å². The number of hydrogen-bond donors (Lipinski definition) is 2. The van der Waals surface area contributed by atoms with E-state index in [1.165, 1.54) is 11.8 Å². The number of methoxy groups -OCH3 is 1. The third kappa shape index (κ3) is 6.31. The topological polar surface area (TPSA) is 98.1 Å². The lowest BCUT2D eigenvalue weighted by Crippen LogP contribution is -2.28. The number of nitrogens with one attached hydrogen (secondary N) is 2. The highest BCUT2D eigenvalue weighted by atomic mass is 35.5. The van der Waals surface area contributed by atoms with E-state index in [0.29, 0.717) is 39.5 Å². The number of hydrogen-bond acceptors (Lipinski definition) is 6. The molecule has 0 saturated heterocycles. The first-order chi connectivity index (χ1) is 16.3. The molecule has 1 heterocycles. The highest BCUT2D eigenvalue weighted by Crippen LogP contribution is 2.30. The maximum atomic E-state index is 12.6. The number of nitrogens with zero attached hydrogens (tertiary/aromatic N) is 3. The molecule has 11 heteroatoms. The van der Waals surface area contributed by atoms with Gasteiger partial charge in [-0.15, -0.1) is 16.8 Å². The molecule has 3 rings (SSSR count). The number of allylic oxidation sites excluding steroid dienone is 1. The molecule has 2 amide bonds. The summed E-state index contributed by atoms with van der Waals surface area (Å²) in [6.07, 6.45) is 1.70. The summed E-state index contributed by atoms with van der Waals surface area (Å²) in [6, 6.07) is 11.4. The normalized spacial score (nSPS) is 11.5. The van der Waals surface area contributed by atoms with Gasteiger partial charge in [0.25, 0.3) is 5.91 Å².